The fourth-order valence-corrected chi connectivity index (χ4v) is 1.49. The van der Waals surface area contributed by atoms with Gasteiger partial charge in [0.1, 0.15) is 6.10 Å². The third-order valence-corrected chi connectivity index (χ3v) is 2.67. The maximum Gasteiger partial charge on any atom is 0.101 e. The van der Waals surface area contributed by atoms with Crippen molar-refractivity contribution in [3.63, 3.8) is 0 Å². The van der Waals surface area contributed by atoms with Crippen LogP contribution in [0.5, 0.6) is 0 Å². The molecule has 0 radical (unpaired) electrons. The van der Waals surface area contributed by atoms with Gasteiger partial charge in [0.15, 0.2) is 0 Å². The van der Waals surface area contributed by atoms with Gasteiger partial charge in [0, 0.05) is 0 Å². The van der Waals surface area contributed by atoms with E-state index in [0.29, 0.717) is 12.3 Å². The van der Waals surface area contributed by atoms with Crippen LogP contribution in [-0.2, 0) is 0 Å². The van der Waals surface area contributed by atoms with Crippen LogP contribution in [0.3, 0.4) is 0 Å². The lowest BCUT2D eigenvalue weighted by Crippen LogP contribution is -2.40. The van der Waals surface area contributed by atoms with Crippen LogP contribution in [0.15, 0.2) is 11.6 Å². The monoisotopic (exact) mass is 170 g/mol. The first-order valence-corrected chi connectivity index (χ1v) is 4.54. The van der Waals surface area contributed by atoms with Gasteiger partial charge in [-0.25, -0.2) is 0 Å². The maximum absolute atomic E-state index is 9.65. The molecule has 0 aromatic carbocycles. The van der Waals surface area contributed by atoms with Gasteiger partial charge in [-0.2, -0.15) is 0 Å². The van der Waals surface area contributed by atoms with Crippen LogP contribution >= 0.6 is 0 Å². The lowest BCUT2D eigenvalue weighted by Gasteiger charge is -2.33. The molecule has 0 bridgehead atoms. The van der Waals surface area contributed by atoms with E-state index >= 15 is 0 Å². The molecule has 0 saturated carbocycles. The average Bonchev–Trinajstić information content (AvgIpc) is 1.94. The summed E-state index contributed by atoms with van der Waals surface area (Å²) in [6.07, 6.45) is 2.68. The molecule has 0 saturated heterocycles. The Bertz CT molecular complexity index is 192. The van der Waals surface area contributed by atoms with Crippen molar-refractivity contribution in [2.45, 2.75) is 45.3 Å². The van der Waals surface area contributed by atoms with Crippen molar-refractivity contribution in [3.05, 3.63) is 11.6 Å². The summed E-state index contributed by atoms with van der Waals surface area (Å²) in [6.45, 7) is 5.91. The van der Waals surface area contributed by atoms with E-state index in [-0.39, 0.29) is 0 Å². The van der Waals surface area contributed by atoms with E-state index < -0.39 is 11.7 Å². The number of allylic oxidation sites excluding steroid dienone is 1. The van der Waals surface area contributed by atoms with E-state index in [1.54, 1.807) is 13.0 Å². The molecule has 0 aromatic rings. The van der Waals surface area contributed by atoms with Gasteiger partial charge in [0.05, 0.1) is 5.60 Å². The van der Waals surface area contributed by atoms with Gasteiger partial charge in [-0.15, -0.1) is 0 Å². The third-order valence-electron chi connectivity index (χ3n) is 2.67. The molecule has 1 aliphatic rings. The molecular formula is C10H18O2. The van der Waals surface area contributed by atoms with Crippen LogP contribution in [0.2, 0.25) is 0 Å². The number of aliphatic hydroxyl groups is 2. The summed E-state index contributed by atoms with van der Waals surface area (Å²) >= 11 is 0. The van der Waals surface area contributed by atoms with E-state index in [2.05, 4.69) is 13.8 Å². The molecule has 0 spiro atoms. The van der Waals surface area contributed by atoms with E-state index in [4.69, 9.17) is 0 Å². The van der Waals surface area contributed by atoms with Crippen molar-refractivity contribution < 1.29 is 10.2 Å². The summed E-state index contributed by atoms with van der Waals surface area (Å²) in [7, 11) is 0. The van der Waals surface area contributed by atoms with Crippen LogP contribution in [0.4, 0.5) is 0 Å². The van der Waals surface area contributed by atoms with Gasteiger partial charge >= 0.3 is 0 Å². The van der Waals surface area contributed by atoms with Crippen molar-refractivity contribution in [1.82, 2.24) is 0 Å². The van der Waals surface area contributed by atoms with Crippen LogP contribution in [0.25, 0.3) is 0 Å². The molecule has 2 atom stereocenters. The SMILES string of the molecule is CC(C)C1=C[C@H](O)[C@@](C)(O)CC1. The predicted octanol–water partition coefficient (Wildman–Crippen LogP) is 1.47. The lowest BCUT2D eigenvalue weighted by molar-refractivity contribution is -0.0494. The Morgan fingerprint density at radius 1 is 1.58 bits per heavy atom. The van der Waals surface area contributed by atoms with Crippen LogP contribution < -0.4 is 0 Å². The fraction of sp³-hybridized carbons (Fsp3) is 0.800. The fourth-order valence-electron chi connectivity index (χ4n) is 1.49. The smallest absolute Gasteiger partial charge is 0.101 e. The highest BCUT2D eigenvalue weighted by atomic mass is 16.3. The first kappa shape index (κ1) is 9.75. The van der Waals surface area contributed by atoms with Crippen molar-refractivity contribution >= 4 is 0 Å². The Morgan fingerprint density at radius 3 is 2.58 bits per heavy atom. The van der Waals surface area contributed by atoms with Gasteiger partial charge in [0.25, 0.3) is 0 Å². The Kier molecular flexibility index (Phi) is 2.59. The van der Waals surface area contributed by atoms with E-state index in [1.807, 2.05) is 0 Å². The summed E-state index contributed by atoms with van der Waals surface area (Å²) in [6, 6.07) is 0. The van der Waals surface area contributed by atoms with E-state index in [9.17, 15) is 10.2 Å². The van der Waals surface area contributed by atoms with Crippen LogP contribution in [0, 0.1) is 5.92 Å². The number of hydrogen-bond acceptors (Lipinski definition) is 2. The van der Waals surface area contributed by atoms with E-state index in [1.165, 1.54) is 5.57 Å². The summed E-state index contributed by atoms with van der Waals surface area (Å²) in [4.78, 5) is 0. The minimum Gasteiger partial charge on any atom is -0.387 e. The van der Waals surface area contributed by atoms with Crippen LogP contribution in [-0.4, -0.2) is 21.9 Å². The summed E-state index contributed by atoms with van der Waals surface area (Å²) in [5.41, 5.74) is 0.340. The highest BCUT2D eigenvalue weighted by molar-refractivity contribution is 5.16. The maximum atomic E-state index is 9.65. The molecule has 0 fully saturated rings. The largest absolute Gasteiger partial charge is 0.387 e. The molecule has 1 aliphatic carbocycles. The van der Waals surface area contributed by atoms with Gasteiger partial charge < -0.3 is 10.2 Å². The molecule has 0 heterocycles. The zero-order valence-corrected chi connectivity index (χ0v) is 8.04. The molecule has 1 rings (SSSR count). The molecule has 2 heteroatoms. The lowest BCUT2D eigenvalue weighted by atomic mass is 9.81. The van der Waals surface area contributed by atoms with E-state index in [0.717, 1.165) is 6.42 Å². The Labute approximate surface area is 73.9 Å². The highest BCUT2D eigenvalue weighted by Gasteiger charge is 2.32. The van der Waals surface area contributed by atoms with Gasteiger partial charge in [-0.1, -0.05) is 25.5 Å². The van der Waals surface area contributed by atoms with Crippen molar-refractivity contribution in [1.29, 1.82) is 0 Å². The minimum atomic E-state index is -0.918. The quantitative estimate of drug-likeness (QED) is 0.585. The third kappa shape index (κ3) is 1.87. The van der Waals surface area contributed by atoms with Crippen molar-refractivity contribution in [2.24, 2.45) is 5.92 Å². The number of rotatable bonds is 1. The second kappa shape index (κ2) is 3.19. The second-order valence-electron chi connectivity index (χ2n) is 4.20. The second-order valence-corrected chi connectivity index (χ2v) is 4.20. The molecule has 0 amide bonds. The average molecular weight is 170 g/mol. The standard InChI is InChI=1S/C10H18O2/c1-7(2)8-4-5-10(3,12)9(11)6-8/h6-7,9,11-12H,4-5H2,1-3H3/t9-,10-/m0/s1. The topological polar surface area (TPSA) is 40.5 Å². The van der Waals surface area contributed by atoms with Crippen LogP contribution in [0.1, 0.15) is 33.6 Å². The molecule has 0 unspecified atom stereocenters. The first-order chi connectivity index (χ1) is 5.43. The Morgan fingerprint density at radius 2 is 2.17 bits per heavy atom. The number of aliphatic hydroxyl groups excluding tert-OH is 1. The molecule has 2 N–H and O–H groups in total. The van der Waals surface area contributed by atoms with Gasteiger partial charge in [-0.05, 0) is 25.7 Å². The molecular weight excluding hydrogens is 152 g/mol. The normalized spacial score (nSPS) is 36.8. The Balaban J connectivity index is 2.75. The first-order valence-electron chi connectivity index (χ1n) is 4.54. The van der Waals surface area contributed by atoms with Gasteiger partial charge in [0.2, 0.25) is 0 Å². The molecule has 0 aliphatic heterocycles. The van der Waals surface area contributed by atoms with Crippen molar-refractivity contribution in [3.8, 4) is 0 Å². The van der Waals surface area contributed by atoms with Crippen molar-refractivity contribution in [2.75, 3.05) is 0 Å². The summed E-state index contributed by atoms with van der Waals surface area (Å²) in [5, 5.41) is 19.2. The minimum absolute atomic E-state index is 0.482. The molecule has 2 nitrogen and oxygen atoms in total. The zero-order chi connectivity index (χ0) is 9.35. The summed E-state index contributed by atoms with van der Waals surface area (Å²) in [5.74, 6) is 0.482. The molecule has 70 valence electrons. The Hall–Kier alpha value is -0.340. The summed E-state index contributed by atoms with van der Waals surface area (Å²) < 4.78 is 0. The highest BCUT2D eigenvalue weighted by Crippen LogP contribution is 2.30. The van der Waals surface area contributed by atoms with Gasteiger partial charge in [-0.3, -0.25) is 0 Å². The molecule has 12 heavy (non-hydrogen) atoms. The number of hydrogen-bond donors (Lipinski definition) is 2. The molecule has 0 aromatic heterocycles. The predicted molar refractivity (Wildman–Crippen MR) is 48.8 cm³/mol. The zero-order valence-electron chi connectivity index (χ0n) is 8.04.